The third kappa shape index (κ3) is 2.80. The standard InChI is InChI=1S/C11H10ClNO2S2/c12-9-4-3-8(10(13)6-9)7-17(14,15)11-2-1-5-16-11/h1-6H,7,13H2. The molecule has 0 aliphatic heterocycles. The fourth-order valence-corrected chi connectivity index (χ4v) is 4.07. The van der Waals surface area contributed by atoms with Crippen molar-refractivity contribution >= 4 is 38.5 Å². The molecule has 2 N–H and O–H groups in total. The van der Waals surface area contributed by atoms with Gasteiger partial charge in [0, 0.05) is 10.7 Å². The highest BCUT2D eigenvalue weighted by Gasteiger charge is 2.17. The van der Waals surface area contributed by atoms with Gasteiger partial charge in [0.05, 0.1) is 5.75 Å². The Bertz CT molecular complexity index is 621. The molecule has 2 rings (SSSR count). The van der Waals surface area contributed by atoms with Gasteiger partial charge in [-0.3, -0.25) is 0 Å². The zero-order valence-corrected chi connectivity index (χ0v) is 11.1. The smallest absolute Gasteiger partial charge is 0.191 e. The fraction of sp³-hybridized carbons (Fsp3) is 0.0909. The van der Waals surface area contributed by atoms with Crippen LogP contribution in [-0.2, 0) is 15.6 Å². The molecule has 0 radical (unpaired) electrons. The van der Waals surface area contributed by atoms with Crippen molar-refractivity contribution in [2.24, 2.45) is 0 Å². The first-order valence-electron chi connectivity index (χ1n) is 4.79. The lowest BCUT2D eigenvalue weighted by Gasteiger charge is -2.06. The highest BCUT2D eigenvalue weighted by atomic mass is 35.5. The molecule has 0 fully saturated rings. The van der Waals surface area contributed by atoms with E-state index in [1.54, 1.807) is 35.7 Å². The van der Waals surface area contributed by atoms with E-state index in [4.69, 9.17) is 17.3 Å². The molecule has 0 unspecified atom stereocenters. The van der Waals surface area contributed by atoms with Crippen LogP contribution in [0, 0.1) is 0 Å². The molecule has 3 nitrogen and oxygen atoms in total. The van der Waals surface area contributed by atoms with E-state index in [-0.39, 0.29) is 5.75 Å². The van der Waals surface area contributed by atoms with E-state index in [1.807, 2.05) is 0 Å². The van der Waals surface area contributed by atoms with Crippen molar-refractivity contribution in [3.8, 4) is 0 Å². The van der Waals surface area contributed by atoms with Crippen LogP contribution >= 0.6 is 22.9 Å². The Morgan fingerprint density at radius 2 is 2.06 bits per heavy atom. The van der Waals surface area contributed by atoms with Crippen molar-refractivity contribution in [3.05, 3.63) is 46.3 Å². The molecule has 0 atom stereocenters. The summed E-state index contributed by atoms with van der Waals surface area (Å²) in [6.45, 7) is 0. The zero-order chi connectivity index (χ0) is 12.5. The van der Waals surface area contributed by atoms with Crippen LogP contribution in [0.1, 0.15) is 5.56 Å². The van der Waals surface area contributed by atoms with Crippen LogP contribution in [-0.4, -0.2) is 8.42 Å². The van der Waals surface area contributed by atoms with Crippen LogP contribution in [0.5, 0.6) is 0 Å². The van der Waals surface area contributed by atoms with Gasteiger partial charge in [0.1, 0.15) is 4.21 Å². The lowest BCUT2D eigenvalue weighted by molar-refractivity contribution is 0.597. The number of halogens is 1. The second-order valence-electron chi connectivity index (χ2n) is 3.53. The van der Waals surface area contributed by atoms with Gasteiger partial charge in [-0.15, -0.1) is 11.3 Å². The Morgan fingerprint density at radius 1 is 1.29 bits per heavy atom. The highest BCUT2D eigenvalue weighted by molar-refractivity contribution is 7.92. The number of benzene rings is 1. The molecule has 2 aromatic rings. The van der Waals surface area contributed by atoms with Gasteiger partial charge in [-0.1, -0.05) is 23.7 Å². The molecule has 1 aromatic heterocycles. The van der Waals surface area contributed by atoms with Gasteiger partial charge in [-0.25, -0.2) is 8.42 Å². The first kappa shape index (κ1) is 12.4. The Kier molecular flexibility index (Phi) is 3.42. The van der Waals surface area contributed by atoms with Crippen LogP contribution in [0.4, 0.5) is 5.69 Å². The largest absolute Gasteiger partial charge is 0.398 e. The van der Waals surface area contributed by atoms with Gasteiger partial charge in [-0.2, -0.15) is 0 Å². The summed E-state index contributed by atoms with van der Waals surface area (Å²) in [5, 5.41) is 2.23. The van der Waals surface area contributed by atoms with E-state index < -0.39 is 9.84 Å². The molecular weight excluding hydrogens is 278 g/mol. The molecule has 0 aliphatic rings. The number of anilines is 1. The first-order chi connectivity index (χ1) is 7.99. The summed E-state index contributed by atoms with van der Waals surface area (Å²) in [6, 6.07) is 8.13. The van der Waals surface area contributed by atoms with Gasteiger partial charge in [-0.05, 0) is 29.1 Å². The minimum atomic E-state index is -3.31. The number of nitrogen functional groups attached to an aromatic ring is 1. The van der Waals surface area contributed by atoms with Gasteiger partial charge in [0.2, 0.25) is 0 Å². The van der Waals surface area contributed by atoms with E-state index in [1.165, 1.54) is 11.3 Å². The predicted molar refractivity (Wildman–Crippen MR) is 71.1 cm³/mol. The first-order valence-corrected chi connectivity index (χ1v) is 7.70. The monoisotopic (exact) mass is 287 g/mol. The molecule has 1 aromatic carbocycles. The second-order valence-corrected chi connectivity index (χ2v) is 7.13. The molecule has 0 aliphatic carbocycles. The molecule has 6 heteroatoms. The fourth-order valence-electron chi connectivity index (χ4n) is 1.41. The van der Waals surface area contributed by atoms with E-state index in [2.05, 4.69) is 0 Å². The third-order valence-corrected chi connectivity index (χ3v) is 5.64. The van der Waals surface area contributed by atoms with Gasteiger partial charge < -0.3 is 5.73 Å². The minimum absolute atomic E-state index is 0.101. The highest BCUT2D eigenvalue weighted by Crippen LogP contribution is 2.25. The lowest BCUT2D eigenvalue weighted by Crippen LogP contribution is -2.05. The van der Waals surface area contributed by atoms with Crippen molar-refractivity contribution in [1.82, 2.24) is 0 Å². The van der Waals surface area contributed by atoms with Gasteiger partial charge >= 0.3 is 0 Å². The second kappa shape index (κ2) is 4.68. The third-order valence-electron chi connectivity index (χ3n) is 2.26. The normalized spacial score (nSPS) is 11.6. The van der Waals surface area contributed by atoms with Crippen molar-refractivity contribution in [2.75, 3.05) is 5.73 Å². The van der Waals surface area contributed by atoms with Crippen LogP contribution in [0.2, 0.25) is 5.02 Å². The minimum Gasteiger partial charge on any atom is -0.398 e. The van der Waals surface area contributed by atoms with E-state index in [9.17, 15) is 8.42 Å². The van der Waals surface area contributed by atoms with Crippen molar-refractivity contribution in [1.29, 1.82) is 0 Å². The molecular formula is C11H10ClNO2S2. The number of nitrogens with two attached hydrogens (primary N) is 1. The Hall–Kier alpha value is -1.04. The van der Waals surface area contributed by atoms with Gasteiger partial charge in [0.25, 0.3) is 0 Å². The van der Waals surface area contributed by atoms with Crippen LogP contribution in [0.25, 0.3) is 0 Å². The summed E-state index contributed by atoms with van der Waals surface area (Å²) in [6.07, 6.45) is 0. The topological polar surface area (TPSA) is 60.2 Å². The summed E-state index contributed by atoms with van der Waals surface area (Å²) >= 11 is 6.96. The molecule has 90 valence electrons. The summed E-state index contributed by atoms with van der Waals surface area (Å²) in [4.78, 5) is 0. The average Bonchev–Trinajstić information content (AvgIpc) is 2.76. The SMILES string of the molecule is Nc1cc(Cl)ccc1CS(=O)(=O)c1cccs1. The van der Waals surface area contributed by atoms with Crippen LogP contribution < -0.4 is 5.73 Å². The molecule has 0 saturated heterocycles. The maximum atomic E-state index is 12.0. The van der Waals surface area contributed by atoms with E-state index in [0.29, 0.717) is 20.5 Å². The van der Waals surface area contributed by atoms with Crippen LogP contribution in [0.15, 0.2) is 39.9 Å². The quantitative estimate of drug-likeness (QED) is 0.883. The average molecular weight is 288 g/mol. The van der Waals surface area contributed by atoms with Crippen LogP contribution in [0.3, 0.4) is 0 Å². The Labute approximate surface area is 109 Å². The number of hydrogen-bond donors (Lipinski definition) is 1. The van der Waals surface area contributed by atoms with Crippen molar-refractivity contribution in [2.45, 2.75) is 9.96 Å². The molecule has 0 bridgehead atoms. The summed E-state index contributed by atoms with van der Waals surface area (Å²) in [7, 11) is -3.31. The Balaban J connectivity index is 2.33. The Morgan fingerprint density at radius 3 is 2.65 bits per heavy atom. The zero-order valence-electron chi connectivity index (χ0n) is 8.76. The lowest BCUT2D eigenvalue weighted by atomic mass is 10.2. The maximum absolute atomic E-state index is 12.0. The molecule has 17 heavy (non-hydrogen) atoms. The number of thiophene rings is 1. The van der Waals surface area contributed by atoms with Crippen molar-refractivity contribution < 1.29 is 8.42 Å². The van der Waals surface area contributed by atoms with E-state index >= 15 is 0 Å². The molecule has 0 amide bonds. The maximum Gasteiger partial charge on any atom is 0.191 e. The number of hydrogen-bond acceptors (Lipinski definition) is 4. The summed E-state index contributed by atoms with van der Waals surface area (Å²) in [5.41, 5.74) is 6.71. The predicted octanol–water partition coefficient (Wildman–Crippen LogP) is 2.96. The van der Waals surface area contributed by atoms with Crippen molar-refractivity contribution in [3.63, 3.8) is 0 Å². The number of rotatable bonds is 3. The molecule has 0 spiro atoms. The number of sulfone groups is 1. The summed E-state index contributed by atoms with van der Waals surface area (Å²) < 4.78 is 24.4. The molecule has 1 heterocycles. The van der Waals surface area contributed by atoms with Gasteiger partial charge in [0.15, 0.2) is 9.84 Å². The molecule has 0 saturated carbocycles. The van der Waals surface area contributed by atoms with E-state index in [0.717, 1.165) is 0 Å². The summed E-state index contributed by atoms with van der Waals surface area (Å²) in [5.74, 6) is -0.101.